The number of fused-ring (bicyclic) bond motifs is 1. The molecule has 0 amide bonds. The first-order chi connectivity index (χ1) is 12.9. The van der Waals surface area contributed by atoms with Gasteiger partial charge in [-0.3, -0.25) is 0 Å². The summed E-state index contributed by atoms with van der Waals surface area (Å²) < 4.78 is 0. The van der Waals surface area contributed by atoms with Crippen molar-refractivity contribution >= 4 is 0 Å². The normalized spacial score (nSPS) is 37.4. The van der Waals surface area contributed by atoms with E-state index >= 15 is 0 Å². The average Bonchev–Trinajstić information content (AvgIpc) is 2.95. The van der Waals surface area contributed by atoms with Crippen LogP contribution in [0.1, 0.15) is 105 Å². The van der Waals surface area contributed by atoms with E-state index < -0.39 is 0 Å². The van der Waals surface area contributed by atoms with Crippen LogP contribution in [0.4, 0.5) is 0 Å². The third-order valence-corrected chi connectivity index (χ3v) is 8.20. The SMILES string of the molecule is C=C1CC(C)CC/C1=C\C=C1/CCCC2(C)C(CCCCC(C)C)CCC12. The second-order valence-corrected chi connectivity index (χ2v) is 10.7. The van der Waals surface area contributed by atoms with E-state index in [9.17, 15) is 0 Å². The first kappa shape index (κ1) is 20.9. The van der Waals surface area contributed by atoms with Crippen LogP contribution in [0.25, 0.3) is 0 Å². The molecule has 0 heteroatoms. The monoisotopic (exact) mass is 368 g/mol. The Morgan fingerprint density at radius 3 is 2.67 bits per heavy atom. The van der Waals surface area contributed by atoms with Crippen LogP contribution in [0.15, 0.2) is 35.5 Å². The van der Waals surface area contributed by atoms with E-state index in [2.05, 4.69) is 46.4 Å². The van der Waals surface area contributed by atoms with Crippen molar-refractivity contribution in [2.24, 2.45) is 29.1 Å². The van der Waals surface area contributed by atoms with E-state index in [1.165, 1.54) is 88.2 Å². The van der Waals surface area contributed by atoms with Crippen molar-refractivity contribution in [3.8, 4) is 0 Å². The Balaban J connectivity index is 1.63. The molecule has 0 aliphatic heterocycles. The summed E-state index contributed by atoms with van der Waals surface area (Å²) in [6.07, 6.45) is 21.7. The average molecular weight is 369 g/mol. The maximum absolute atomic E-state index is 4.36. The highest BCUT2D eigenvalue weighted by molar-refractivity contribution is 5.35. The molecule has 0 N–H and O–H groups in total. The minimum atomic E-state index is 0.582. The molecular formula is C27H44. The van der Waals surface area contributed by atoms with Crippen molar-refractivity contribution in [2.75, 3.05) is 0 Å². The van der Waals surface area contributed by atoms with Crippen molar-refractivity contribution in [3.05, 3.63) is 35.5 Å². The first-order valence-corrected chi connectivity index (χ1v) is 12.0. The predicted molar refractivity (Wildman–Crippen MR) is 120 cm³/mol. The second kappa shape index (κ2) is 9.15. The summed E-state index contributed by atoms with van der Waals surface area (Å²) in [5.41, 5.74) is 5.29. The zero-order valence-corrected chi connectivity index (χ0v) is 18.7. The van der Waals surface area contributed by atoms with Crippen LogP contribution in [-0.4, -0.2) is 0 Å². The minimum Gasteiger partial charge on any atom is -0.0955 e. The lowest BCUT2D eigenvalue weighted by Gasteiger charge is -2.42. The van der Waals surface area contributed by atoms with Gasteiger partial charge < -0.3 is 0 Å². The third-order valence-electron chi connectivity index (χ3n) is 8.20. The number of unbranched alkanes of at least 4 members (excludes halogenated alkanes) is 1. The van der Waals surface area contributed by atoms with Crippen LogP contribution in [0.3, 0.4) is 0 Å². The van der Waals surface area contributed by atoms with Crippen molar-refractivity contribution in [1.82, 2.24) is 0 Å². The Morgan fingerprint density at radius 2 is 1.93 bits per heavy atom. The lowest BCUT2D eigenvalue weighted by atomic mass is 9.62. The largest absolute Gasteiger partial charge is 0.0955 e. The fraction of sp³-hybridized carbons (Fsp3) is 0.778. The van der Waals surface area contributed by atoms with Crippen LogP contribution in [0.5, 0.6) is 0 Å². The Morgan fingerprint density at radius 1 is 1.11 bits per heavy atom. The molecule has 0 nitrogen and oxygen atoms in total. The molecule has 3 saturated carbocycles. The Kier molecular flexibility index (Phi) is 7.09. The van der Waals surface area contributed by atoms with Gasteiger partial charge in [-0.05, 0) is 92.4 Å². The Hall–Kier alpha value is -0.780. The number of hydrogen-bond donors (Lipinski definition) is 0. The smallest absolute Gasteiger partial charge is 0.0143 e. The summed E-state index contributed by atoms with van der Waals surface area (Å²) in [4.78, 5) is 0. The van der Waals surface area contributed by atoms with Crippen molar-refractivity contribution in [2.45, 2.75) is 105 Å². The van der Waals surface area contributed by atoms with Crippen LogP contribution >= 0.6 is 0 Å². The van der Waals surface area contributed by atoms with Crippen LogP contribution in [0, 0.1) is 29.1 Å². The molecule has 0 bridgehead atoms. The van der Waals surface area contributed by atoms with Gasteiger partial charge in [0.1, 0.15) is 0 Å². The van der Waals surface area contributed by atoms with Gasteiger partial charge in [-0.25, -0.2) is 0 Å². The molecule has 4 unspecified atom stereocenters. The van der Waals surface area contributed by atoms with E-state index in [0.29, 0.717) is 5.41 Å². The highest BCUT2D eigenvalue weighted by Gasteiger charge is 2.48. The van der Waals surface area contributed by atoms with Gasteiger partial charge >= 0.3 is 0 Å². The molecule has 0 aromatic heterocycles. The summed E-state index contributed by atoms with van der Waals surface area (Å²) in [5, 5.41) is 0. The van der Waals surface area contributed by atoms with Crippen LogP contribution in [-0.2, 0) is 0 Å². The highest BCUT2D eigenvalue weighted by atomic mass is 14.5. The molecule has 0 spiro atoms. The topological polar surface area (TPSA) is 0 Å². The van der Waals surface area contributed by atoms with Gasteiger partial charge in [0.15, 0.2) is 0 Å². The summed E-state index contributed by atoms with van der Waals surface area (Å²) in [7, 11) is 0. The van der Waals surface area contributed by atoms with E-state index in [4.69, 9.17) is 0 Å². The first-order valence-electron chi connectivity index (χ1n) is 12.0. The number of allylic oxidation sites excluding steroid dienone is 5. The summed E-state index contributed by atoms with van der Waals surface area (Å²) in [6.45, 7) is 14.1. The second-order valence-electron chi connectivity index (χ2n) is 10.7. The van der Waals surface area contributed by atoms with Gasteiger partial charge in [0.25, 0.3) is 0 Å². The fourth-order valence-electron chi connectivity index (χ4n) is 6.40. The van der Waals surface area contributed by atoms with E-state index in [0.717, 1.165) is 23.7 Å². The standard InChI is InChI=1S/C27H44/c1-20(2)9-6-7-11-25-16-17-26-24(10-8-18-27(25,26)5)15-14-23-13-12-21(3)19-22(23)4/h14-15,20-21,25-26H,4,6-13,16-19H2,1-3,5H3/b23-14+,24-15+. The Bertz CT molecular complexity index is 575. The molecule has 27 heavy (non-hydrogen) atoms. The molecule has 3 rings (SSSR count). The van der Waals surface area contributed by atoms with E-state index in [1.54, 1.807) is 5.57 Å². The van der Waals surface area contributed by atoms with E-state index in [1.807, 2.05) is 0 Å². The van der Waals surface area contributed by atoms with Crippen molar-refractivity contribution in [1.29, 1.82) is 0 Å². The molecule has 0 aromatic carbocycles. The predicted octanol–water partition coefficient (Wildman–Crippen LogP) is 8.65. The molecule has 0 radical (unpaired) electrons. The molecular weight excluding hydrogens is 324 g/mol. The van der Waals surface area contributed by atoms with Crippen molar-refractivity contribution in [3.63, 3.8) is 0 Å². The molecule has 3 fully saturated rings. The van der Waals surface area contributed by atoms with Gasteiger partial charge in [-0.15, -0.1) is 0 Å². The fourth-order valence-corrected chi connectivity index (χ4v) is 6.40. The maximum Gasteiger partial charge on any atom is -0.0143 e. The van der Waals surface area contributed by atoms with E-state index in [-0.39, 0.29) is 0 Å². The highest BCUT2D eigenvalue weighted by Crippen LogP contribution is 2.58. The molecule has 152 valence electrons. The molecule has 0 heterocycles. The third kappa shape index (κ3) is 4.99. The molecule has 0 aromatic rings. The Labute approximate surface area is 169 Å². The van der Waals surface area contributed by atoms with Crippen LogP contribution < -0.4 is 0 Å². The quantitative estimate of drug-likeness (QED) is 0.411. The maximum atomic E-state index is 4.36. The van der Waals surface area contributed by atoms with Gasteiger partial charge in [0.2, 0.25) is 0 Å². The zero-order chi connectivity index (χ0) is 19.4. The molecule has 3 aliphatic rings. The molecule has 3 aliphatic carbocycles. The molecule has 4 atom stereocenters. The lowest BCUT2D eigenvalue weighted by molar-refractivity contribution is 0.127. The summed E-state index contributed by atoms with van der Waals surface area (Å²) in [6, 6.07) is 0. The van der Waals surface area contributed by atoms with Crippen LogP contribution in [0.2, 0.25) is 0 Å². The van der Waals surface area contributed by atoms with Gasteiger partial charge in [-0.1, -0.05) is 76.8 Å². The zero-order valence-electron chi connectivity index (χ0n) is 18.7. The number of hydrogen-bond acceptors (Lipinski definition) is 0. The van der Waals surface area contributed by atoms with Gasteiger partial charge in [-0.2, -0.15) is 0 Å². The molecule has 0 saturated heterocycles. The van der Waals surface area contributed by atoms with Crippen molar-refractivity contribution < 1.29 is 0 Å². The number of rotatable bonds is 6. The summed E-state index contributed by atoms with van der Waals surface area (Å²) >= 11 is 0. The van der Waals surface area contributed by atoms with Gasteiger partial charge in [0.05, 0.1) is 0 Å². The minimum absolute atomic E-state index is 0.582. The van der Waals surface area contributed by atoms with Gasteiger partial charge in [0, 0.05) is 0 Å². The lowest BCUT2D eigenvalue weighted by Crippen LogP contribution is -2.33. The summed E-state index contributed by atoms with van der Waals surface area (Å²) in [5.74, 6) is 3.52.